The van der Waals surface area contributed by atoms with Crippen molar-refractivity contribution in [2.24, 2.45) is 0 Å². The summed E-state index contributed by atoms with van der Waals surface area (Å²) in [6.45, 7) is 1.79. The van der Waals surface area contributed by atoms with E-state index in [9.17, 15) is 9.59 Å². The Morgan fingerprint density at radius 2 is 2.40 bits per heavy atom. The molecule has 20 heavy (non-hydrogen) atoms. The van der Waals surface area contributed by atoms with Gasteiger partial charge in [-0.15, -0.1) is 11.3 Å². The van der Waals surface area contributed by atoms with Gasteiger partial charge < -0.3 is 19.6 Å². The van der Waals surface area contributed by atoms with Gasteiger partial charge in [0.2, 0.25) is 0 Å². The first kappa shape index (κ1) is 14.8. The lowest BCUT2D eigenvalue weighted by Crippen LogP contribution is -2.50. The number of thiophene rings is 1. The summed E-state index contributed by atoms with van der Waals surface area (Å²) >= 11 is 1.61. The van der Waals surface area contributed by atoms with Crippen LogP contribution in [0, 0.1) is 0 Å². The third-order valence-corrected chi connectivity index (χ3v) is 3.97. The number of urea groups is 1. The second kappa shape index (κ2) is 6.71. The number of nitrogens with zero attached hydrogens (tertiary/aromatic N) is 2. The van der Waals surface area contributed by atoms with Gasteiger partial charge in [0.15, 0.2) is 0 Å². The number of carboxylic acids is 1. The molecule has 1 fully saturated rings. The number of carbonyl (C=O) groups is 2. The van der Waals surface area contributed by atoms with Gasteiger partial charge in [0.05, 0.1) is 25.7 Å². The van der Waals surface area contributed by atoms with E-state index in [1.54, 1.807) is 28.2 Å². The predicted octanol–water partition coefficient (Wildman–Crippen LogP) is 1.48. The molecule has 1 N–H and O–H groups in total. The van der Waals surface area contributed by atoms with Crippen molar-refractivity contribution in [1.82, 2.24) is 9.80 Å². The van der Waals surface area contributed by atoms with Crippen molar-refractivity contribution in [3.63, 3.8) is 0 Å². The number of morpholine rings is 1. The molecule has 6 nitrogen and oxygen atoms in total. The van der Waals surface area contributed by atoms with E-state index in [1.165, 1.54) is 0 Å². The van der Waals surface area contributed by atoms with Crippen LogP contribution in [0.2, 0.25) is 0 Å². The molecule has 1 saturated heterocycles. The molecule has 2 amide bonds. The number of carbonyl (C=O) groups excluding carboxylic acids is 1. The minimum absolute atomic E-state index is 0.0710. The number of rotatable bonds is 4. The summed E-state index contributed by atoms with van der Waals surface area (Å²) < 4.78 is 5.36. The second-order valence-electron chi connectivity index (χ2n) is 4.75. The molecule has 1 aromatic rings. The van der Waals surface area contributed by atoms with Crippen LogP contribution < -0.4 is 0 Å². The van der Waals surface area contributed by atoms with E-state index >= 15 is 0 Å². The normalized spacial score (nSPS) is 18.9. The smallest absolute Gasteiger partial charge is 0.320 e. The Hall–Kier alpha value is -1.60. The van der Waals surface area contributed by atoms with Crippen LogP contribution in [0.25, 0.3) is 0 Å². The van der Waals surface area contributed by atoms with Gasteiger partial charge in [-0.2, -0.15) is 0 Å². The Morgan fingerprint density at radius 1 is 1.60 bits per heavy atom. The van der Waals surface area contributed by atoms with Gasteiger partial charge in [-0.05, 0) is 11.4 Å². The summed E-state index contributed by atoms with van der Waals surface area (Å²) in [4.78, 5) is 27.4. The molecule has 0 spiro atoms. The summed E-state index contributed by atoms with van der Waals surface area (Å²) in [6, 6.07) is 3.86. The van der Waals surface area contributed by atoms with Crippen LogP contribution in [0.5, 0.6) is 0 Å². The van der Waals surface area contributed by atoms with Crippen molar-refractivity contribution >= 4 is 23.3 Å². The molecule has 110 valence electrons. The Balaban J connectivity index is 1.89. The van der Waals surface area contributed by atoms with Gasteiger partial charge in [-0.25, -0.2) is 4.79 Å². The zero-order valence-corrected chi connectivity index (χ0v) is 12.1. The highest BCUT2D eigenvalue weighted by Crippen LogP contribution is 2.14. The lowest BCUT2D eigenvalue weighted by molar-refractivity contribution is -0.141. The van der Waals surface area contributed by atoms with Crippen LogP contribution in [-0.2, 0) is 16.1 Å². The standard InChI is InChI=1S/C13H18N2O4S/c1-14(9-11-3-2-6-20-11)13(18)15-4-5-19-10(8-15)7-12(16)17/h2-3,6,10H,4-5,7-9H2,1H3,(H,16,17). The first-order valence-electron chi connectivity index (χ1n) is 6.42. The average Bonchev–Trinajstić information content (AvgIpc) is 2.90. The molecule has 2 heterocycles. The van der Waals surface area contributed by atoms with Gasteiger partial charge in [0.25, 0.3) is 0 Å². The van der Waals surface area contributed by atoms with E-state index in [0.29, 0.717) is 26.2 Å². The molecular weight excluding hydrogens is 280 g/mol. The van der Waals surface area contributed by atoms with E-state index < -0.39 is 12.1 Å². The van der Waals surface area contributed by atoms with Crippen molar-refractivity contribution < 1.29 is 19.4 Å². The summed E-state index contributed by atoms with van der Waals surface area (Å²) in [7, 11) is 1.75. The molecule has 1 aliphatic rings. The van der Waals surface area contributed by atoms with E-state index in [1.807, 2.05) is 17.5 Å². The third-order valence-electron chi connectivity index (χ3n) is 3.11. The number of hydrogen-bond donors (Lipinski definition) is 1. The number of hydrogen-bond acceptors (Lipinski definition) is 4. The maximum atomic E-state index is 12.3. The first-order chi connectivity index (χ1) is 9.56. The largest absolute Gasteiger partial charge is 0.481 e. The molecular formula is C13H18N2O4S. The molecule has 0 radical (unpaired) electrons. The molecule has 0 saturated carbocycles. The van der Waals surface area contributed by atoms with Crippen molar-refractivity contribution in [3.05, 3.63) is 22.4 Å². The predicted molar refractivity (Wildman–Crippen MR) is 74.7 cm³/mol. The molecule has 1 aliphatic heterocycles. The zero-order valence-electron chi connectivity index (χ0n) is 11.3. The topological polar surface area (TPSA) is 70.1 Å². The van der Waals surface area contributed by atoms with Crippen LogP contribution in [0.3, 0.4) is 0 Å². The molecule has 1 aromatic heterocycles. The second-order valence-corrected chi connectivity index (χ2v) is 5.79. The van der Waals surface area contributed by atoms with E-state index in [0.717, 1.165) is 4.88 Å². The molecule has 7 heteroatoms. The Kier molecular flexibility index (Phi) is 4.97. The average molecular weight is 298 g/mol. The van der Waals surface area contributed by atoms with Crippen LogP contribution in [0.4, 0.5) is 4.79 Å². The summed E-state index contributed by atoms with van der Waals surface area (Å²) in [6.07, 6.45) is -0.487. The maximum absolute atomic E-state index is 12.3. The number of amides is 2. The summed E-state index contributed by atoms with van der Waals surface area (Å²) in [5.41, 5.74) is 0. The Labute approximate surface area is 121 Å². The van der Waals surface area contributed by atoms with Crippen LogP contribution in [0.1, 0.15) is 11.3 Å². The van der Waals surface area contributed by atoms with E-state index in [-0.39, 0.29) is 12.5 Å². The molecule has 0 aliphatic carbocycles. The van der Waals surface area contributed by atoms with Gasteiger partial charge in [0.1, 0.15) is 0 Å². The molecule has 1 unspecified atom stereocenters. The summed E-state index contributed by atoms with van der Waals surface area (Å²) in [5, 5.41) is 10.8. The number of carboxylic acid groups (broad SMARTS) is 1. The lowest BCUT2D eigenvalue weighted by Gasteiger charge is -2.34. The minimum atomic E-state index is -0.906. The van der Waals surface area contributed by atoms with Crippen molar-refractivity contribution in [1.29, 1.82) is 0 Å². The quantitative estimate of drug-likeness (QED) is 0.914. The van der Waals surface area contributed by atoms with Crippen LogP contribution >= 0.6 is 11.3 Å². The monoisotopic (exact) mass is 298 g/mol. The van der Waals surface area contributed by atoms with Crippen molar-refractivity contribution in [3.8, 4) is 0 Å². The number of aliphatic carboxylic acids is 1. The van der Waals surface area contributed by atoms with Crippen molar-refractivity contribution in [2.45, 2.75) is 19.1 Å². The Morgan fingerprint density at radius 3 is 3.05 bits per heavy atom. The molecule has 2 rings (SSSR count). The highest BCUT2D eigenvalue weighted by Gasteiger charge is 2.27. The molecule has 0 bridgehead atoms. The van der Waals surface area contributed by atoms with Gasteiger partial charge >= 0.3 is 12.0 Å². The van der Waals surface area contributed by atoms with Crippen molar-refractivity contribution in [2.75, 3.05) is 26.7 Å². The minimum Gasteiger partial charge on any atom is -0.481 e. The summed E-state index contributed by atoms with van der Waals surface area (Å²) in [5.74, 6) is -0.906. The fraction of sp³-hybridized carbons (Fsp3) is 0.538. The number of ether oxygens (including phenoxy) is 1. The van der Waals surface area contributed by atoms with Crippen LogP contribution in [0.15, 0.2) is 17.5 Å². The fourth-order valence-corrected chi connectivity index (χ4v) is 2.91. The highest BCUT2D eigenvalue weighted by molar-refractivity contribution is 7.09. The highest BCUT2D eigenvalue weighted by atomic mass is 32.1. The zero-order chi connectivity index (χ0) is 14.5. The van der Waals surface area contributed by atoms with Gasteiger partial charge in [-0.3, -0.25) is 4.79 Å². The Bertz CT molecular complexity index is 463. The third kappa shape index (κ3) is 3.94. The van der Waals surface area contributed by atoms with Gasteiger partial charge in [-0.1, -0.05) is 6.07 Å². The SMILES string of the molecule is CN(Cc1cccs1)C(=O)N1CCOC(CC(=O)O)C1. The van der Waals surface area contributed by atoms with E-state index in [2.05, 4.69) is 0 Å². The lowest BCUT2D eigenvalue weighted by atomic mass is 10.2. The van der Waals surface area contributed by atoms with E-state index in [4.69, 9.17) is 9.84 Å². The fourth-order valence-electron chi connectivity index (χ4n) is 2.16. The van der Waals surface area contributed by atoms with Gasteiger partial charge in [0, 0.05) is 25.0 Å². The van der Waals surface area contributed by atoms with Crippen LogP contribution in [-0.4, -0.2) is 59.8 Å². The maximum Gasteiger partial charge on any atom is 0.320 e. The molecule has 0 aromatic carbocycles. The molecule has 1 atom stereocenters. The first-order valence-corrected chi connectivity index (χ1v) is 7.30.